The van der Waals surface area contributed by atoms with E-state index in [1.165, 1.54) is 30.6 Å². The Hall–Kier alpha value is -2.43. The van der Waals surface area contributed by atoms with Crippen LogP contribution in [0.3, 0.4) is 0 Å². The molecule has 0 unspecified atom stereocenters. The average Bonchev–Trinajstić information content (AvgIpc) is 2.46. The first-order valence-corrected chi connectivity index (χ1v) is 5.72. The van der Waals surface area contributed by atoms with Crippen molar-refractivity contribution in [3.05, 3.63) is 53.6 Å². The summed E-state index contributed by atoms with van der Waals surface area (Å²) in [6.07, 6.45) is 2.67. The van der Waals surface area contributed by atoms with Gasteiger partial charge in [-0.15, -0.1) is 0 Å². The summed E-state index contributed by atoms with van der Waals surface area (Å²) in [5, 5.41) is 26.6. The summed E-state index contributed by atoms with van der Waals surface area (Å²) < 4.78 is 19.0. The molecule has 0 amide bonds. The number of rotatable bonds is 4. The van der Waals surface area contributed by atoms with E-state index in [9.17, 15) is 4.39 Å². The van der Waals surface area contributed by atoms with Gasteiger partial charge in [0.15, 0.2) is 0 Å². The molecule has 0 aliphatic carbocycles. The van der Waals surface area contributed by atoms with Crippen LogP contribution in [0.5, 0.6) is 5.75 Å². The van der Waals surface area contributed by atoms with Crippen LogP contribution in [0.2, 0.25) is 0 Å². The van der Waals surface area contributed by atoms with Crippen molar-refractivity contribution < 1.29 is 19.2 Å². The maximum atomic E-state index is 13.6. The molecule has 0 atom stereocenters. The second-order valence-electron chi connectivity index (χ2n) is 4.03. The second kappa shape index (κ2) is 6.15. The highest BCUT2D eigenvalue weighted by Crippen LogP contribution is 2.14. The van der Waals surface area contributed by atoms with Crippen molar-refractivity contribution in [1.29, 1.82) is 5.26 Å². The minimum Gasteiger partial charge on any atom is -0.487 e. The summed E-state index contributed by atoms with van der Waals surface area (Å²) in [5.41, 5.74) is 0.708. The normalized spacial score (nSPS) is 9.90. The number of benzene rings is 1. The third kappa shape index (κ3) is 3.32. The molecule has 1 aromatic carbocycles. The largest absolute Gasteiger partial charge is 0.490 e. The molecular formula is C13H10BFN2O3. The lowest BCUT2D eigenvalue weighted by Gasteiger charge is -2.08. The molecule has 0 fully saturated rings. The van der Waals surface area contributed by atoms with E-state index in [4.69, 9.17) is 20.0 Å². The Kier molecular flexibility index (Phi) is 4.30. The van der Waals surface area contributed by atoms with E-state index in [0.717, 1.165) is 6.07 Å². The van der Waals surface area contributed by atoms with Crippen LogP contribution in [0.4, 0.5) is 4.39 Å². The van der Waals surface area contributed by atoms with Gasteiger partial charge in [-0.2, -0.15) is 5.26 Å². The van der Waals surface area contributed by atoms with Gasteiger partial charge in [0.05, 0.1) is 17.8 Å². The van der Waals surface area contributed by atoms with Gasteiger partial charge in [-0.3, -0.25) is 4.98 Å². The molecule has 1 heterocycles. The van der Waals surface area contributed by atoms with Crippen LogP contribution in [0.1, 0.15) is 11.1 Å². The quantitative estimate of drug-likeness (QED) is 0.784. The van der Waals surface area contributed by atoms with E-state index in [1.807, 2.05) is 6.07 Å². The molecule has 0 aliphatic rings. The molecule has 2 N–H and O–H groups in total. The van der Waals surface area contributed by atoms with E-state index in [2.05, 4.69) is 4.98 Å². The van der Waals surface area contributed by atoms with Crippen LogP contribution in [0.25, 0.3) is 0 Å². The molecule has 0 spiro atoms. The van der Waals surface area contributed by atoms with Crippen molar-refractivity contribution in [1.82, 2.24) is 4.98 Å². The number of hydrogen-bond acceptors (Lipinski definition) is 5. The van der Waals surface area contributed by atoms with Gasteiger partial charge in [0, 0.05) is 17.2 Å². The maximum Gasteiger partial charge on any atom is 0.490 e. The minimum atomic E-state index is -1.64. The summed E-state index contributed by atoms with van der Waals surface area (Å²) in [7, 11) is -1.64. The Labute approximate surface area is 115 Å². The van der Waals surface area contributed by atoms with Crippen LogP contribution in [-0.4, -0.2) is 22.2 Å². The maximum absolute atomic E-state index is 13.6. The number of ether oxygens (including phenoxy) is 1. The zero-order valence-corrected chi connectivity index (χ0v) is 10.3. The average molecular weight is 272 g/mol. The molecule has 0 saturated carbocycles. The van der Waals surface area contributed by atoms with Gasteiger partial charge in [-0.05, 0) is 18.2 Å². The van der Waals surface area contributed by atoms with Crippen molar-refractivity contribution in [3.8, 4) is 11.8 Å². The van der Waals surface area contributed by atoms with Gasteiger partial charge in [-0.1, -0.05) is 6.07 Å². The summed E-state index contributed by atoms with van der Waals surface area (Å²) in [4.78, 5) is 3.79. The number of halogens is 1. The standard InChI is InChI=1S/C13H10BFN2O3/c15-13-3-9(5-16)1-2-10(13)8-20-12-4-11(14(18)19)6-17-7-12/h1-4,6-7,18-19H,8H2. The molecule has 0 radical (unpaired) electrons. The molecule has 20 heavy (non-hydrogen) atoms. The number of nitrogens with zero attached hydrogens (tertiary/aromatic N) is 2. The fourth-order valence-electron chi connectivity index (χ4n) is 1.55. The highest BCUT2D eigenvalue weighted by molar-refractivity contribution is 6.58. The topological polar surface area (TPSA) is 86.4 Å². The van der Waals surface area contributed by atoms with E-state index in [-0.39, 0.29) is 17.6 Å². The van der Waals surface area contributed by atoms with Crippen molar-refractivity contribution in [2.75, 3.05) is 0 Å². The summed E-state index contributed by atoms with van der Waals surface area (Å²) in [6, 6.07) is 7.33. The molecule has 0 saturated heterocycles. The van der Waals surface area contributed by atoms with Crippen LogP contribution >= 0.6 is 0 Å². The Balaban J connectivity index is 2.09. The number of nitriles is 1. The zero-order chi connectivity index (χ0) is 14.5. The summed E-state index contributed by atoms with van der Waals surface area (Å²) >= 11 is 0. The van der Waals surface area contributed by atoms with Crippen molar-refractivity contribution in [2.45, 2.75) is 6.61 Å². The first-order chi connectivity index (χ1) is 9.60. The third-order valence-electron chi connectivity index (χ3n) is 2.61. The number of aromatic nitrogens is 1. The smallest absolute Gasteiger partial charge is 0.487 e. The monoisotopic (exact) mass is 272 g/mol. The lowest BCUT2D eigenvalue weighted by atomic mass is 9.82. The zero-order valence-electron chi connectivity index (χ0n) is 10.3. The van der Waals surface area contributed by atoms with Gasteiger partial charge >= 0.3 is 7.12 Å². The molecule has 5 nitrogen and oxygen atoms in total. The summed E-state index contributed by atoms with van der Waals surface area (Å²) in [6.45, 7) is -0.0514. The molecule has 7 heteroatoms. The van der Waals surface area contributed by atoms with Crippen LogP contribution in [-0.2, 0) is 6.61 Å². The lowest BCUT2D eigenvalue weighted by molar-refractivity contribution is 0.298. The first kappa shape index (κ1) is 14.0. The van der Waals surface area contributed by atoms with Gasteiger partial charge in [-0.25, -0.2) is 4.39 Å². The van der Waals surface area contributed by atoms with Gasteiger partial charge < -0.3 is 14.8 Å². The Morgan fingerprint density at radius 2 is 2.10 bits per heavy atom. The Morgan fingerprint density at radius 1 is 1.30 bits per heavy atom. The van der Waals surface area contributed by atoms with Crippen molar-refractivity contribution in [3.63, 3.8) is 0 Å². The second-order valence-corrected chi connectivity index (χ2v) is 4.03. The van der Waals surface area contributed by atoms with E-state index in [0.29, 0.717) is 11.3 Å². The molecule has 1 aromatic heterocycles. The van der Waals surface area contributed by atoms with E-state index in [1.54, 1.807) is 0 Å². The fraction of sp³-hybridized carbons (Fsp3) is 0.0769. The molecule has 0 bridgehead atoms. The van der Waals surface area contributed by atoms with Crippen molar-refractivity contribution in [2.24, 2.45) is 0 Å². The Bertz CT molecular complexity index is 658. The third-order valence-corrected chi connectivity index (χ3v) is 2.61. The van der Waals surface area contributed by atoms with E-state index < -0.39 is 12.9 Å². The highest BCUT2D eigenvalue weighted by atomic mass is 19.1. The minimum absolute atomic E-state index is 0.0514. The van der Waals surface area contributed by atoms with Crippen LogP contribution < -0.4 is 10.2 Å². The first-order valence-electron chi connectivity index (χ1n) is 5.72. The SMILES string of the molecule is N#Cc1ccc(COc2cncc(B(O)O)c2)c(F)c1. The molecule has 2 rings (SSSR count). The predicted molar refractivity (Wildman–Crippen MR) is 69.5 cm³/mol. The van der Waals surface area contributed by atoms with Gasteiger partial charge in [0.2, 0.25) is 0 Å². The van der Waals surface area contributed by atoms with Gasteiger partial charge in [0.1, 0.15) is 18.2 Å². The molecule has 100 valence electrons. The van der Waals surface area contributed by atoms with Crippen molar-refractivity contribution >= 4 is 12.6 Å². The molecule has 0 aliphatic heterocycles. The fourth-order valence-corrected chi connectivity index (χ4v) is 1.55. The van der Waals surface area contributed by atoms with Gasteiger partial charge in [0.25, 0.3) is 0 Å². The molecular weight excluding hydrogens is 262 g/mol. The lowest BCUT2D eigenvalue weighted by Crippen LogP contribution is -2.30. The summed E-state index contributed by atoms with van der Waals surface area (Å²) in [5.74, 6) is -0.241. The number of pyridine rings is 1. The van der Waals surface area contributed by atoms with E-state index >= 15 is 0 Å². The molecule has 2 aromatic rings. The number of hydrogen-bond donors (Lipinski definition) is 2. The van der Waals surface area contributed by atoms with Crippen LogP contribution in [0, 0.1) is 17.1 Å². The van der Waals surface area contributed by atoms with Crippen LogP contribution in [0.15, 0.2) is 36.7 Å². The predicted octanol–water partition coefficient (Wildman–Crippen LogP) is 0.351. The highest BCUT2D eigenvalue weighted by Gasteiger charge is 2.12. The Morgan fingerprint density at radius 3 is 2.75 bits per heavy atom.